The summed E-state index contributed by atoms with van der Waals surface area (Å²) >= 11 is 0. The minimum atomic E-state index is 0.760. The molecule has 0 atom stereocenters. The molecule has 0 heterocycles. The molecule has 1 aromatic rings. The Labute approximate surface area is 98.0 Å². The molecule has 0 radical (unpaired) electrons. The van der Waals surface area contributed by atoms with Crippen LogP contribution in [0.2, 0.25) is 0 Å². The largest absolute Gasteiger partial charge is 0.383 e. The Kier molecular flexibility index (Phi) is 6.81. The van der Waals surface area contributed by atoms with E-state index >= 15 is 0 Å². The molecule has 0 bridgehead atoms. The third-order valence-corrected chi connectivity index (χ3v) is 2.47. The van der Waals surface area contributed by atoms with Crippen molar-refractivity contribution in [2.24, 2.45) is 0 Å². The SMILES string of the molecule is COCCN(CCOC)Cc1ccccc1. The van der Waals surface area contributed by atoms with Crippen molar-refractivity contribution in [3.05, 3.63) is 35.9 Å². The van der Waals surface area contributed by atoms with Crippen molar-refractivity contribution in [3.63, 3.8) is 0 Å². The second kappa shape index (κ2) is 8.28. The molecule has 1 rings (SSSR count). The average Bonchev–Trinajstić information content (AvgIpc) is 2.34. The lowest BCUT2D eigenvalue weighted by Crippen LogP contribution is -2.30. The van der Waals surface area contributed by atoms with E-state index in [1.54, 1.807) is 14.2 Å². The molecule has 0 fully saturated rings. The van der Waals surface area contributed by atoms with Gasteiger partial charge >= 0.3 is 0 Å². The van der Waals surface area contributed by atoms with Crippen molar-refractivity contribution >= 4 is 0 Å². The zero-order valence-electron chi connectivity index (χ0n) is 10.2. The Morgan fingerprint density at radius 1 is 0.938 bits per heavy atom. The van der Waals surface area contributed by atoms with Gasteiger partial charge in [-0.25, -0.2) is 0 Å². The van der Waals surface area contributed by atoms with Gasteiger partial charge in [0, 0.05) is 33.9 Å². The molecule has 3 heteroatoms. The van der Waals surface area contributed by atoms with E-state index in [0.29, 0.717) is 0 Å². The van der Waals surface area contributed by atoms with E-state index in [2.05, 4.69) is 29.2 Å². The number of rotatable bonds is 8. The van der Waals surface area contributed by atoms with Crippen LogP contribution in [0.25, 0.3) is 0 Å². The third-order valence-electron chi connectivity index (χ3n) is 2.47. The average molecular weight is 223 g/mol. The Morgan fingerprint density at radius 2 is 1.50 bits per heavy atom. The van der Waals surface area contributed by atoms with Crippen molar-refractivity contribution in [2.75, 3.05) is 40.5 Å². The van der Waals surface area contributed by atoms with E-state index in [0.717, 1.165) is 32.8 Å². The van der Waals surface area contributed by atoms with Gasteiger partial charge in [-0.2, -0.15) is 0 Å². The van der Waals surface area contributed by atoms with Crippen LogP contribution in [0.3, 0.4) is 0 Å². The number of ether oxygens (including phenoxy) is 2. The predicted octanol–water partition coefficient (Wildman–Crippen LogP) is 1.78. The minimum Gasteiger partial charge on any atom is -0.383 e. The van der Waals surface area contributed by atoms with Crippen LogP contribution in [0.4, 0.5) is 0 Å². The fourth-order valence-corrected chi connectivity index (χ4v) is 1.55. The summed E-state index contributed by atoms with van der Waals surface area (Å²) in [6.07, 6.45) is 0. The molecular weight excluding hydrogens is 202 g/mol. The fraction of sp³-hybridized carbons (Fsp3) is 0.538. The maximum absolute atomic E-state index is 5.11. The summed E-state index contributed by atoms with van der Waals surface area (Å²) in [5, 5.41) is 0. The molecule has 0 N–H and O–H groups in total. The van der Waals surface area contributed by atoms with Crippen molar-refractivity contribution in [1.29, 1.82) is 0 Å². The van der Waals surface area contributed by atoms with Gasteiger partial charge < -0.3 is 9.47 Å². The van der Waals surface area contributed by atoms with Gasteiger partial charge in [0.15, 0.2) is 0 Å². The van der Waals surface area contributed by atoms with Gasteiger partial charge in [-0.05, 0) is 5.56 Å². The summed E-state index contributed by atoms with van der Waals surface area (Å²) in [5.74, 6) is 0. The summed E-state index contributed by atoms with van der Waals surface area (Å²) in [5.41, 5.74) is 1.33. The molecule has 0 spiro atoms. The molecule has 90 valence electrons. The molecule has 0 saturated carbocycles. The van der Waals surface area contributed by atoms with E-state index < -0.39 is 0 Å². The lowest BCUT2D eigenvalue weighted by Gasteiger charge is -2.21. The van der Waals surface area contributed by atoms with Crippen LogP contribution in [0.5, 0.6) is 0 Å². The van der Waals surface area contributed by atoms with Crippen LogP contribution in [-0.2, 0) is 16.0 Å². The Balaban J connectivity index is 2.42. The van der Waals surface area contributed by atoms with Crippen molar-refractivity contribution < 1.29 is 9.47 Å². The number of nitrogens with zero attached hydrogens (tertiary/aromatic N) is 1. The number of hydrogen-bond acceptors (Lipinski definition) is 3. The van der Waals surface area contributed by atoms with Gasteiger partial charge in [-0.15, -0.1) is 0 Å². The Bertz CT molecular complexity index is 256. The second-order valence-electron chi connectivity index (χ2n) is 3.75. The van der Waals surface area contributed by atoms with Crippen molar-refractivity contribution in [1.82, 2.24) is 4.90 Å². The molecule has 16 heavy (non-hydrogen) atoms. The zero-order chi connectivity index (χ0) is 11.6. The first-order valence-electron chi connectivity index (χ1n) is 5.61. The Morgan fingerprint density at radius 3 is 2.00 bits per heavy atom. The molecule has 1 aromatic carbocycles. The lowest BCUT2D eigenvalue weighted by atomic mass is 10.2. The number of benzene rings is 1. The van der Waals surface area contributed by atoms with Crippen LogP contribution in [0, 0.1) is 0 Å². The highest BCUT2D eigenvalue weighted by Gasteiger charge is 2.04. The van der Waals surface area contributed by atoms with E-state index in [-0.39, 0.29) is 0 Å². The third kappa shape index (κ3) is 5.26. The maximum Gasteiger partial charge on any atom is 0.0589 e. The quantitative estimate of drug-likeness (QED) is 0.670. The molecule has 0 unspecified atom stereocenters. The predicted molar refractivity (Wildman–Crippen MR) is 65.5 cm³/mol. The van der Waals surface area contributed by atoms with Crippen LogP contribution < -0.4 is 0 Å². The molecular formula is C13H21NO2. The van der Waals surface area contributed by atoms with Crippen LogP contribution in [0.15, 0.2) is 30.3 Å². The van der Waals surface area contributed by atoms with E-state index in [1.165, 1.54) is 5.56 Å². The summed E-state index contributed by atoms with van der Waals surface area (Å²) in [4.78, 5) is 2.34. The maximum atomic E-state index is 5.11. The van der Waals surface area contributed by atoms with Crippen molar-refractivity contribution in [3.8, 4) is 0 Å². The molecule has 0 saturated heterocycles. The monoisotopic (exact) mass is 223 g/mol. The topological polar surface area (TPSA) is 21.7 Å². The highest BCUT2D eigenvalue weighted by atomic mass is 16.5. The van der Waals surface area contributed by atoms with E-state index in [1.807, 2.05) is 6.07 Å². The van der Waals surface area contributed by atoms with Crippen LogP contribution in [-0.4, -0.2) is 45.4 Å². The standard InChI is InChI=1S/C13H21NO2/c1-15-10-8-14(9-11-16-2)12-13-6-4-3-5-7-13/h3-7H,8-12H2,1-2H3. The summed E-state index contributed by atoms with van der Waals surface area (Å²) in [6, 6.07) is 10.5. The first-order valence-corrected chi connectivity index (χ1v) is 5.61. The molecule has 0 aliphatic heterocycles. The molecule has 0 aliphatic rings. The highest BCUT2D eigenvalue weighted by Crippen LogP contribution is 2.03. The minimum absolute atomic E-state index is 0.760. The van der Waals surface area contributed by atoms with Gasteiger partial charge in [0.05, 0.1) is 13.2 Å². The van der Waals surface area contributed by atoms with Gasteiger partial charge in [0.2, 0.25) is 0 Å². The van der Waals surface area contributed by atoms with Gasteiger partial charge in [0.25, 0.3) is 0 Å². The summed E-state index contributed by atoms with van der Waals surface area (Å²) < 4.78 is 10.2. The second-order valence-corrected chi connectivity index (χ2v) is 3.75. The van der Waals surface area contributed by atoms with Crippen LogP contribution in [0.1, 0.15) is 5.56 Å². The van der Waals surface area contributed by atoms with Gasteiger partial charge in [-0.3, -0.25) is 4.90 Å². The van der Waals surface area contributed by atoms with E-state index in [9.17, 15) is 0 Å². The highest BCUT2D eigenvalue weighted by molar-refractivity contribution is 5.14. The molecule has 3 nitrogen and oxygen atoms in total. The Hall–Kier alpha value is -0.900. The van der Waals surface area contributed by atoms with Crippen molar-refractivity contribution in [2.45, 2.75) is 6.54 Å². The summed E-state index contributed by atoms with van der Waals surface area (Å²) in [6.45, 7) is 4.35. The number of methoxy groups -OCH3 is 2. The van der Waals surface area contributed by atoms with Crippen LogP contribution >= 0.6 is 0 Å². The number of hydrogen-bond donors (Lipinski definition) is 0. The smallest absolute Gasteiger partial charge is 0.0589 e. The van der Waals surface area contributed by atoms with Gasteiger partial charge in [-0.1, -0.05) is 30.3 Å². The lowest BCUT2D eigenvalue weighted by molar-refractivity contribution is 0.110. The molecule has 0 aliphatic carbocycles. The normalized spacial score (nSPS) is 10.9. The molecule has 0 amide bonds. The van der Waals surface area contributed by atoms with Gasteiger partial charge in [0.1, 0.15) is 0 Å². The first kappa shape index (κ1) is 13.2. The summed E-state index contributed by atoms with van der Waals surface area (Å²) in [7, 11) is 3.47. The molecule has 0 aromatic heterocycles. The first-order chi connectivity index (χ1) is 7.86. The zero-order valence-corrected chi connectivity index (χ0v) is 10.2. The fourth-order valence-electron chi connectivity index (χ4n) is 1.55. The van der Waals surface area contributed by atoms with E-state index in [4.69, 9.17) is 9.47 Å².